The van der Waals surface area contributed by atoms with Gasteiger partial charge < -0.3 is 24.6 Å². The van der Waals surface area contributed by atoms with Gasteiger partial charge in [0.1, 0.15) is 12.2 Å². The Kier molecular flexibility index (Phi) is 37.9. The summed E-state index contributed by atoms with van der Waals surface area (Å²) in [7, 11) is -4.51. The van der Waals surface area contributed by atoms with Crippen LogP contribution in [-0.4, -0.2) is 66.3 Å². The molecule has 0 radical (unpaired) electrons. The van der Waals surface area contributed by atoms with Gasteiger partial charge >= 0.3 is 13.8 Å². The van der Waals surface area contributed by atoms with E-state index in [9.17, 15) is 19.4 Å². The lowest BCUT2D eigenvalue weighted by atomic mass is 10.0. The Labute approximate surface area is 313 Å². The number of carbonyl (C=O) groups is 1. The number of hydrogen-bond acceptors (Lipinski definition) is 8. The van der Waals surface area contributed by atoms with E-state index in [0.29, 0.717) is 6.61 Å². The van der Waals surface area contributed by atoms with Crippen LogP contribution in [0.15, 0.2) is 24.3 Å². The van der Waals surface area contributed by atoms with Gasteiger partial charge in [-0.2, -0.15) is 0 Å². The molecule has 0 rings (SSSR count). The number of phosphoric acid groups is 1. The first-order chi connectivity index (χ1) is 24.8. The molecule has 0 fully saturated rings. The van der Waals surface area contributed by atoms with Crippen molar-refractivity contribution in [1.82, 2.24) is 0 Å². The summed E-state index contributed by atoms with van der Waals surface area (Å²) in [5.41, 5.74) is 0. The van der Waals surface area contributed by atoms with Crippen molar-refractivity contribution >= 4 is 13.8 Å². The quantitative estimate of drug-likeness (QED) is 0.0242. The zero-order valence-corrected chi connectivity index (χ0v) is 33.7. The van der Waals surface area contributed by atoms with Gasteiger partial charge in [-0.1, -0.05) is 160 Å². The van der Waals surface area contributed by atoms with E-state index in [0.717, 1.165) is 51.4 Å². The molecule has 0 heterocycles. The van der Waals surface area contributed by atoms with Crippen LogP contribution in [0.25, 0.3) is 0 Å². The summed E-state index contributed by atoms with van der Waals surface area (Å²) in [4.78, 5) is 22.5. The van der Waals surface area contributed by atoms with Crippen molar-refractivity contribution in [3.8, 4) is 0 Å². The maximum atomic E-state index is 12.6. The fourth-order valence-electron chi connectivity index (χ4n) is 5.68. The first kappa shape index (κ1) is 49.9. The number of esters is 1. The highest BCUT2D eigenvalue weighted by Gasteiger charge is 2.26. The predicted molar refractivity (Wildman–Crippen MR) is 210 cm³/mol. The Morgan fingerprint density at radius 2 is 1.06 bits per heavy atom. The zero-order valence-electron chi connectivity index (χ0n) is 32.8. The van der Waals surface area contributed by atoms with Crippen molar-refractivity contribution in [2.75, 3.05) is 33.0 Å². The normalized spacial score (nSPS) is 14.4. The van der Waals surface area contributed by atoms with E-state index >= 15 is 0 Å². The molecule has 302 valence electrons. The molecule has 0 aromatic heterocycles. The molecule has 3 unspecified atom stereocenters. The molecule has 0 amide bonds. The van der Waals surface area contributed by atoms with E-state index in [1.54, 1.807) is 0 Å². The summed E-state index contributed by atoms with van der Waals surface area (Å²) >= 11 is 0. The maximum Gasteiger partial charge on any atom is 0.472 e. The molecule has 0 aromatic carbocycles. The molecule has 0 aliphatic heterocycles. The molecule has 9 nitrogen and oxygen atoms in total. The van der Waals surface area contributed by atoms with Crippen molar-refractivity contribution in [3.05, 3.63) is 24.3 Å². The number of aliphatic hydroxyl groups is 2. The molecule has 3 N–H and O–H groups in total. The summed E-state index contributed by atoms with van der Waals surface area (Å²) in [6.45, 7) is 3.49. The summed E-state index contributed by atoms with van der Waals surface area (Å²) in [5.74, 6) is -0.385. The Morgan fingerprint density at radius 1 is 0.608 bits per heavy atom. The molecule has 0 saturated carbocycles. The third-order valence-electron chi connectivity index (χ3n) is 8.89. The number of carbonyl (C=O) groups excluding carboxylic acids is 1. The Morgan fingerprint density at radius 3 is 1.59 bits per heavy atom. The second-order valence-electron chi connectivity index (χ2n) is 14.0. The number of ether oxygens (including phenoxy) is 2. The molecular weight excluding hydrogens is 667 g/mol. The molecule has 0 bridgehead atoms. The second-order valence-corrected chi connectivity index (χ2v) is 15.5. The topological polar surface area (TPSA) is 132 Å². The van der Waals surface area contributed by atoms with Crippen molar-refractivity contribution in [1.29, 1.82) is 0 Å². The monoisotopic (exact) mass is 747 g/mol. The van der Waals surface area contributed by atoms with Crippen LogP contribution in [0.5, 0.6) is 0 Å². The van der Waals surface area contributed by atoms with E-state index in [4.69, 9.17) is 23.6 Å². The van der Waals surface area contributed by atoms with Crippen molar-refractivity contribution in [2.24, 2.45) is 0 Å². The second kappa shape index (κ2) is 38.7. The smallest absolute Gasteiger partial charge is 0.457 e. The van der Waals surface area contributed by atoms with E-state index in [-0.39, 0.29) is 25.6 Å². The highest BCUT2D eigenvalue weighted by Crippen LogP contribution is 2.43. The molecule has 51 heavy (non-hydrogen) atoms. The number of aliphatic hydroxyl groups excluding tert-OH is 2. The minimum absolute atomic E-state index is 0.0456. The molecule has 0 aliphatic carbocycles. The Bertz CT molecular complexity index is 851. The van der Waals surface area contributed by atoms with Gasteiger partial charge in [0.15, 0.2) is 0 Å². The van der Waals surface area contributed by atoms with Crippen molar-refractivity contribution in [2.45, 2.75) is 199 Å². The molecule has 10 heteroatoms. The van der Waals surface area contributed by atoms with Crippen molar-refractivity contribution in [3.63, 3.8) is 0 Å². The summed E-state index contributed by atoms with van der Waals surface area (Å²) in [5, 5.41) is 18.3. The van der Waals surface area contributed by atoms with Gasteiger partial charge in [0.05, 0.1) is 26.4 Å². The van der Waals surface area contributed by atoms with E-state index < -0.39 is 33.2 Å². The number of unbranched alkanes of at least 4 members (excludes halogenated alkanes) is 22. The lowest BCUT2D eigenvalue weighted by molar-refractivity contribution is -0.154. The highest BCUT2D eigenvalue weighted by molar-refractivity contribution is 7.47. The maximum absolute atomic E-state index is 12.6. The van der Waals surface area contributed by atoms with Gasteiger partial charge in [-0.3, -0.25) is 13.8 Å². The van der Waals surface area contributed by atoms with Crippen LogP contribution in [0.1, 0.15) is 187 Å². The van der Waals surface area contributed by atoms with Crippen LogP contribution < -0.4 is 0 Å². The average Bonchev–Trinajstić information content (AvgIpc) is 3.12. The lowest BCUT2D eigenvalue weighted by Crippen LogP contribution is -2.29. The largest absolute Gasteiger partial charge is 0.472 e. The van der Waals surface area contributed by atoms with E-state index in [2.05, 4.69) is 38.2 Å². The number of hydrogen-bond donors (Lipinski definition) is 3. The lowest BCUT2D eigenvalue weighted by Gasteiger charge is -2.20. The molecule has 0 spiro atoms. The van der Waals surface area contributed by atoms with Crippen LogP contribution in [-0.2, 0) is 27.9 Å². The van der Waals surface area contributed by atoms with Crippen molar-refractivity contribution < 1.29 is 43.0 Å². The summed E-state index contributed by atoms with van der Waals surface area (Å²) in [6, 6.07) is 0. The average molecular weight is 747 g/mol. The molecule has 0 saturated heterocycles. The SMILES string of the molecule is CCCCCC/C=C\C/C=C\CCCCCCCCOCC(COP(=O)(O)OCC(O)CO)OC(=O)CCCCCCCCCCCCCCC. The van der Waals surface area contributed by atoms with Crippen LogP contribution in [0.2, 0.25) is 0 Å². The Hall–Kier alpha value is -1.06. The molecule has 0 aliphatic rings. The number of phosphoric ester groups is 1. The minimum Gasteiger partial charge on any atom is -0.457 e. The molecular formula is C41H79O9P. The van der Waals surface area contributed by atoms with Gasteiger partial charge in [0, 0.05) is 13.0 Å². The van der Waals surface area contributed by atoms with Gasteiger partial charge in [0.2, 0.25) is 0 Å². The van der Waals surface area contributed by atoms with Crippen LogP contribution in [0.4, 0.5) is 0 Å². The van der Waals surface area contributed by atoms with Gasteiger partial charge in [-0.25, -0.2) is 4.57 Å². The zero-order chi connectivity index (χ0) is 37.5. The van der Waals surface area contributed by atoms with Crippen LogP contribution >= 0.6 is 7.82 Å². The Balaban J connectivity index is 4.19. The molecule has 3 atom stereocenters. The number of rotatable bonds is 40. The van der Waals surface area contributed by atoms with Crippen LogP contribution in [0.3, 0.4) is 0 Å². The predicted octanol–water partition coefficient (Wildman–Crippen LogP) is 11.1. The third-order valence-corrected chi connectivity index (χ3v) is 9.84. The van der Waals surface area contributed by atoms with E-state index in [1.165, 1.54) is 116 Å². The number of allylic oxidation sites excluding steroid dienone is 4. The molecule has 0 aromatic rings. The fraction of sp³-hybridized carbons (Fsp3) is 0.878. The summed E-state index contributed by atoms with van der Waals surface area (Å²) < 4.78 is 33.3. The first-order valence-corrected chi connectivity index (χ1v) is 22.3. The van der Waals surface area contributed by atoms with Gasteiger partial charge in [-0.15, -0.1) is 0 Å². The minimum atomic E-state index is -4.51. The van der Waals surface area contributed by atoms with Gasteiger partial charge in [-0.05, 0) is 44.9 Å². The summed E-state index contributed by atoms with van der Waals surface area (Å²) in [6.07, 6.45) is 38.4. The van der Waals surface area contributed by atoms with Crippen LogP contribution in [0, 0.1) is 0 Å². The fourth-order valence-corrected chi connectivity index (χ4v) is 6.47. The standard InChI is InChI=1S/C41H79O9P/c1-3-5-7-9-11-13-15-17-18-19-20-22-24-26-28-30-32-34-47-37-40(38-49-51(45,46)48-36-39(43)35-42)50-41(44)33-31-29-27-25-23-21-16-14-12-10-8-6-4-2/h13,15,18-19,39-40,42-43H,3-12,14,16-17,20-38H2,1-2H3,(H,45,46)/b15-13-,19-18-. The highest BCUT2D eigenvalue weighted by atomic mass is 31.2. The first-order valence-electron chi connectivity index (χ1n) is 20.8. The van der Waals surface area contributed by atoms with E-state index in [1.807, 2.05) is 0 Å². The third kappa shape index (κ3) is 38.5. The van der Waals surface area contributed by atoms with Gasteiger partial charge in [0.25, 0.3) is 0 Å².